The molecule has 0 aliphatic heterocycles. The Morgan fingerprint density at radius 3 is 3.15 bits per heavy atom. The molecule has 0 aromatic carbocycles. The molecule has 1 heterocycles. The number of hydrogen-bond donors (Lipinski definition) is 2. The molecular weight excluding hydrogens is 170 g/mol. The van der Waals surface area contributed by atoms with Gasteiger partial charge in [-0.25, -0.2) is 10.9 Å². The van der Waals surface area contributed by atoms with Gasteiger partial charge in [0.25, 0.3) is 0 Å². The zero-order chi connectivity index (χ0) is 9.68. The van der Waals surface area contributed by atoms with E-state index in [4.69, 9.17) is 5.90 Å². The fraction of sp³-hybridized carbons (Fsp3) is 0.250. The number of rotatable bonds is 3. The fourth-order valence-electron chi connectivity index (χ4n) is 0.909. The molecule has 1 amide bonds. The van der Waals surface area contributed by atoms with Gasteiger partial charge in [0, 0.05) is 13.1 Å². The Morgan fingerprint density at radius 2 is 2.54 bits per heavy atom. The van der Waals surface area contributed by atoms with E-state index in [-0.39, 0.29) is 5.91 Å². The Hall–Kier alpha value is -1.46. The minimum Gasteiger partial charge on any atom is -0.311 e. The lowest BCUT2D eigenvalue weighted by molar-refractivity contribution is -0.114. The molecule has 0 fully saturated rings. The van der Waals surface area contributed by atoms with Gasteiger partial charge in [-0.05, 0) is 17.7 Å². The van der Waals surface area contributed by atoms with Gasteiger partial charge in [-0.2, -0.15) is 0 Å². The molecule has 13 heavy (non-hydrogen) atoms. The van der Waals surface area contributed by atoms with Crippen LogP contribution in [0.1, 0.15) is 12.5 Å². The summed E-state index contributed by atoms with van der Waals surface area (Å²) in [6.45, 7) is 1.73. The number of carbonyl (C=O) groups excluding carboxylic acids is 1. The molecule has 0 spiro atoms. The van der Waals surface area contributed by atoms with Crippen LogP contribution >= 0.6 is 0 Å². The molecular formula is C8H11N3O2. The maximum atomic E-state index is 10.7. The summed E-state index contributed by atoms with van der Waals surface area (Å²) in [5.41, 5.74) is 0.862. The maximum Gasteiger partial charge on any atom is 0.222 e. The highest BCUT2D eigenvalue weighted by atomic mass is 16.6. The summed E-state index contributed by atoms with van der Waals surface area (Å²) in [6, 6.07) is 3.46. The van der Waals surface area contributed by atoms with Gasteiger partial charge in [-0.1, -0.05) is 0 Å². The van der Waals surface area contributed by atoms with Gasteiger partial charge in [-0.3, -0.25) is 9.63 Å². The molecule has 0 atom stereocenters. The molecule has 70 valence electrons. The number of carbonyl (C=O) groups is 1. The number of nitrogens with two attached hydrogens (primary N) is 1. The first kappa shape index (κ1) is 9.63. The predicted octanol–water partition coefficient (Wildman–Crippen LogP) is 0.430. The molecule has 0 radical (unpaired) electrons. The molecule has 0 bridgehead atoms. The van der Waals surface area contributed by atoms with E-state index in [9.17, 15) is 4.79 Å². The fourth-order valence-corrected chi connectivity index (χ4v) is 0.909. The number of nitrogens with one attached hydrogen (secondary N) is 1. The second kappa shape index (κ2) is 4.54. The minimum atomic E-state index is -0.154. The second-order valence-electron chi connectivity index (χ2n) is 2.54. The number of amides is 1. The quantitative estimate of drug-likeness (QED) is 0.663. The van der Waals surface area contributed by atoms with Crippen molar-refractivity contribution in [3.8, 4) is 0 Å². The van der Waals surface area contributed by atoms with Crippen LogP contribution in [0.2, 0.25) is 0 Å². The Balaban J connectivity index is 2.73. The van der Waals surface area contributed by atoms with E-state index >= 15 is 0 Å². The van der Waals surface area contributed by atoms with Gasteiger partial charge in [0.05, 0.1) is 6.61 Å². The van der Waals surface area contributed by atoms with E-state index in [1.807, 2.05) is 0 Å². The second-order valence-corrected chi connectivity index (χ2v) is 2.54. The highest BCUT2D eigenvalue weighted by Crippen LogP contribution is 2.06. The molecule has 1 aromatic heterocycles. The minimum absolute atomic E-state index is 0.154. The SMILES string of the molecule is CC(=O)Nc1cc(CON)ccn1. The van der Waals surface area contributed by atoms with Crippen molar-refractivity contribution in [2.45, 2.75) is 13.5 Å². The molecule has 5 heteroatoms. The molecule has 1 aromatic rings. The smallest absolute Gasteiger partial charge is 0.222 e. The molecule has 1 rings (SSSR count). The lowest BCUT2D eigenvalue weighted by atomic mass is 10.3. The Bertz CT molecular complexity index is 301. The van der Waals surface area contributed by atoms with E-state index in [2.05, 4.69) is 15.1 Å². The van der Waals surface area contributed by atoms with Crippen LogP contribution in [0, 0.1) is 0 Å². The number of aromatic nitrogens is 1. The van der Waals surface area contributed by atoms with E-state index < -0.39 is 0 Å². The average molecular weight is 181 g/mol. The van der Waals surface area contributed by atoms with Gasteiger partial charge in [0.15, 0.2) is 0 Å². The Kier molecular flexibility index (Phi) is 3.36. The van der Waals surface area contributed by atoms with Crippen LogP contribution < -0.4 is 11.2 Å². The normalized spacial score (nSPS) is 9.69. The number of anilines is 1. The molecule has 0 saturated carbocycles. The van der Waals surface area contributed by atoms with Crippen LogP contribution in [0.5, 0.6) is 0 Å². The number of hydrogen-bond acceptors (Lipinski definition) is 4. The van der Waals surface area contributed by atoms with Crippen LogP contribution in [-0.2, 0) is 16.2 Å². The lowest BCUT2D eigenvalue weighted by Gasteiger charge is -2.02. The van der Waals surface area contributed by atoms with Crippen molar-refractivity contribution in [3.63, 3.8) is 0 Å². The molecule has 0 aliphatic carbocycles. The predicted molar refractivity (Wildman–Crippen MR) is 47.5 cm³/mol. The van der Waals surface area contributed by atoms with Crippen molar-refractivity contribution < 1.29 is 9.63 Å². The largest absolute Gasteiger partial charge is 0.311 e. The summed E-state index contributed by atoms with van der Waals surface area (Å²) >= 11 is 0. The molecule has 5 nitrogen and oxygen atoms in total. The van der Waals surface area contributed by atoms with Gasteiger partial charge in [0.2, 0.25) is 5.91 Å². The zero-order valence-electron chi connectivity index (χ0n) is 7.28. The summed E-state index contributed by atoms with van der Waals surface area (Å²) < 4.78 is 0. The van der Waals surface area contributed by atoms with Crippen LogP contribution in [0.25, 0.3) is 0 Å². The van der Waals surface area contributed by atoms with Crippen LogP contribution in [0.3, 0.4) is 0 Å². The van der Waals surface area contributed by atoms with Gasteiger partial charge < -0.3 is 5.32 Å². The molecule has 0 aliphatic rings. The summed E-state index contributed by atoms with van der Waals surface area (Å²) in [5, 5.41) is 2.56. The standard InChI is InChI=1S/C8H11N3O2/c1-6(12)11-8-4-7(5-13-9)2-3-10-8/h2-4H,5,9H2,1H3,(H,10,11,12). The van der Waals surface area contributed by atoms with Crippen LogP contribution in [-0.4, -0.2) is 10.9 Å². The van der Waals surface area contributed by atoms with Crippen LogP contribution in [0.4, 0.5) is 5.82 Å². The van der Waals surface area contributed by atoms with Gasteiger partial charge in [-0.15, -0.1) is 0 Å². The van der Waals surface area contributed by atoms with Crippen molar-refractivity contribution in [3.05, 3.63) is 23.9 Å². The summed E-state index contributed by atoms with van der Waals surface area (Å²) in [5.74, 6) is 5.25. The van der Waals surface area contributed by atoms with Crippen molar-refractivity contribution >= 4 is 11.7 Å². The monoisotopic (exact) mass is 181 g/mol. The van der Waals surface area contributed by atoms with E-state index in [1.165, 1.54) is 6.92 Å². The van der Waals surface area contributed by atoms with Crippen molar-refractivity contribution in [1.82, 2.24) is 4.98 Å². The first-order valence-electron chi connectivity index (χ1n) is 3.76. The first-order chi connectivity index (χ1) is 6.22. The van der Waals surface area contributed by atoms with E-state index in [1.54, 1.807) is 18.3 Å². The summed E-state index contributed by atoms with van der Waals surface area (Å²) in [6.07, 6.45) is 1.58. The van der Waals surface area contributed by atoms with E-state index in [0.717, 1.165) is 5.56 Å². The zero-order valence-corrected chi connectivity index (χ0v) is 7.28. The molecule has 0 unspecified atom stereocenters. The van der Waals surface area contributed by atoms with Crippen molar-refractivity contribution in [1.29, 1.82) is 0 Å². The van der Waals surface area contributed by atoms with Crippen molar-refractivity contribution in [2.24, 2.45) is 5.90 Å². The number of nitrogens with zero attached hydrogens (tertiary/aromatic N) is 1. The molecule has 0 saturated heterocycles. The van der Waals surface area contributed by atoms with Gasteiger partial charge in [0.1, 0.15) is 5.82 Å². The van der Waals surface area contributed by atoms with Gasteiger partial charge >= 0.3 is 0 Å². The summed E-state index contributed by atoms with van der Waals surface area (Å²) in [4.78, 5) is 19.1. The average Bonchev–Trinajstić information content (AvgIpc) is 2.04. The Morgan fingerprint density at radius 1 is 1.77 bits per heavy atom. The van der Waals surface area contributed by atoms with Crippen molar-refractivity contribution in [2.75, 3.05) is 5.32 Å². The third-order valence-corrected chi connectivity index (χ3v) is 1.38. The highest BCUT2D eigenvalue weighted by molar-refractivity contribution is 5.87. The number of pyridine rings is 1. The maximum absolute atomic E-state index is 10.7. The lowest BCUT2D eigenvalue weighted by Crippen LogP contribution is -2.08. The summed E-state index contributed by atoms with van der Waals surface area (Å²) in [7, 11) is 0. The van der Waals surface area contributed by atoms with E-state index in [0.29, 0.717) is 12.4 Å². The Labute approximate surface area is 75.9 Å². The molecule has 3 N–H and O–H groups in total. The highest BCUT2D eigenvalue weighted by Gasteiger charge is 1.98. The topological polar surface area (TPSA) is 77.2 Å². The third kappa shape index (κ3) is 3.18. The van der Waals surface area contributed by atoms with Crippen LogP contribution in [0.15, 0.2) is 18.3 Å². The first-order valence-corrected chi connectivity index (χ1v) is 3.76. The third-order valence-electron chi connectivity index (χ3n) is 1.38.